The van der Waals surface area contributed by atoms with Crippen molar-refractivity contribution in [2.24, 2.45) is 0 Å². The Morgan fingerprint density at radius 3 is 2.65 bits per heavy atom. The highest BCUT2D eigenvalue weighted by Crippen LogP contribution is 2.43. The number of benzene rings is 2. The fourth-order valence-electron chi connectivity index (χ4n) is 4.26. The van der Waals surface area contributed by atoms with E-state index in [9.17, 15) is 14.7 Å². The van der Waals surface area contributed by atoms with Gasteiger partial charge < -0.3 is 19.0 Å². The van der Waals surface area contributed by atoms with Gasteiger partial charge in [-0.2, -0.15) is 0 Å². The van der Waals surface area contributed by atoms with E-state index in [1.807, 2.05) is 0 Å². The Balaban J connectivity index is 1.58. The van der Waals surface area contributed by atoms with Gasteiger partial charge in [0.25, 0.3) is 5.91 Å². The summed E-state index contributed by atoms with van der Waals surface area (Å²) in [6.07, 6.45) is 1.95. The van der Waals surface area contributed by atoms with Crippen LogP contribution in [0.15, 0.2) is 64.3 Å². The molecule has 2 aromatic carbocycles. The van der Waals surface area contributed by atoms with Gasteiger partial charge in [-0.05, 0) is 43.2 Å². The van der Waals surface area contributed by atoms with Crippen LogP contribution in [-0.2, 0) is 4.79 Å². The quantitative estimate of drug-likeness (QED) is 0.226. The molecule has 1 aliphatic rings. The lowest BCUT2D eigenvalue weighted by molar-refractivity contribution is -0.117. The molecule has 1 N–H and O–H groups in total. The number of ketones is 1. The summed E-state index contributed by atoms with van der Waals surface area (Å²) in [5.41, 5.74) is 0.903. The number of fused-ring (bicyclic) bond motifs is 1. The molecule has 0 bridgehead atoms. The van der Waals surface area contributed by atoms with Gasteiger partial charge >= 0.3 is 0 Å². The number of unbranched alkanes of at least 4 members (excludes halogenated alkanes) is 1. The molecular formula is C27H25N3O6S. The highest BCUT2D eigenvalue weighted by atomic mass is 32.1. The van der Waals surface area contributed by atoms with Crippen LogP contribution in [0.2, 0.25) is 0 Å². The lowest BCUT2D eigenvalue weighted by Crippen LogP contribution is -2.31. The summed E-state index contributed by atoms with van der Waals surface area (Å²) in [6.45, 7) is 4.44. The third-order valence-electron chi connectivity index (χ3n) is 6.09. The number of amides is 1. The summed E-state index contributed by atoms with van der Waals surface area (Å²) in [5.74, 6) is -0.876. The molecule has 0 saturated carbocycles. The number of aliphatic hydroxyl groups is 1. The van der Waals surface area contributed by atoms with E-state index < -0.39 is 23.5 Å². The lowest BCUT2D eigenvalue weighted by Gasteiger charge is -2.24. The van der Waals surface area contributed by atoms with Gasteiger partial charge in [0.15, 0.2) is 22.9 Å². The topological polar surface area (TPSA) is 115 Å². The molecule has 1 aliphatic heterocycles. The summed E-state index contributed by atoms with van der Waals surface area (Å²) < 4.78 is 17.0. The Morgan fingerprint density at radius 1 is 1.19 bits per heavy atom. The molecule has 5 rings (SSSR count). The molecule has 4 aromatic rings. The number of aryl methyl sites for hydroxylation is 1. The molecule has 0 saturated heterocycles. The molecule has 1 amide bonds. The average molecular weight is 520 g/mol. The maximum absolute atomic E-state index is 13.8. The number of aromatic nitrogens is 2. The van der Waals surface area contributed by atoms with Crippen molar-refractivity contribution >= 4 is 39.1 Å². The molecule has 2 aromatic heterocycles. The Labute approximate surface area is 216 Å². The number of nitrogens with zero attached hydrogens (tertiary/aromatic N) is 3. The van der Waals surface area contributed by atoms with Gasteiger partial charge in [0.05, 0.1) is 25.3 Å². The van der Waals surface area contributed by atoms with Crippen LogP contribution < -0.4 is 14.4 Å². The predicted octanol–water partition coefficient (Wildman–Crippen LogP) is 5.56. The van der Waals surface area contributed by atoms with E-state index >= 15 is 0 Å². The van der Waals surface area contributed by atoms with E-state index in [4.69, 9.17) is 13.9 Å². The summed E-state index contributed by atoms with van der Waals surface area (Å²) >= 11 is 1.19. The van der Waals surface area contributed by atoms with Crippen molar-refractivity contribution < 1.29 is 28.6 Å². The predicted molar refractivity (Wildman–Crippen MR) is 138 cm³/mol. The number of ether oxygens (including phenoxy) is 2. The first-order valence-corrected chi connectivity index (χ1v) is 12.6. The molecule has 1 unspecified atom stereocenters. The first-order chi connectivity index (χ1) is 17.9. The number of carbonyl (C=O) groups is 2. The second-order valence-electron chi connectivity index (χ2n) is 8.53. The minimum absolute atomic E-state index is 0.0198. The number of hydrogen-bond donors (Lipinski definition) is 1. The van der Waals surface area contributed by atoms with Gasteiger partial charge in [-0.1, -0.05) is 48.9 Å². The lowest BCUT2D eigenvalue weighted by atomic mass is 9.95. The second-order valence-corrected chi connectivity index (χ2v) is 9.69. The molecule has 0 spiro atoms. The van der Waals surface area contributed by atoms with Crippen molar-refractivity contribution in [2.45, 2.75) is 32.7 Å². The number of para-hydroxylation sites is 1. The zero-order valence-electron chi connectivity index (χ0n) is 20.6. The highest BCUT2D eigenvalue weighted by molar-refractivity contribution is 7.15. The van der Waals surface area contributed by atoms with Gasteiger partial charge in [-0.15, -0.1) is 10.2 Å². The van der Waals surface area contributed by atoms with Crippen LogP contribution >= 0.6 is 11.3 Å². The molecule has 1 atom stereocenters. The Bertz CT molecular complexity index is 1500. The van der Waals surface area contributed by atoms with Crippen molar-refractivity contribution in [1.29, 1.82) is 0 Å². The van der Waals surface area contributed by atoms with Crippen LogP contribution in [0.4, 0.5) is 5.13 Å². The molecule has 190 valence electrons. The minimum atomic E-state index is -0.938. The monoisotopic (exact) mass is 519 g/mol. The fourth-order valence-corrected chi connectivity index (χ4v) is 4.97. The number of furan rings is 1. The molecule has 0 fully saturated rings. The number of methoxy groups -OCH3 is 1. The van der Waals surface area contributed by atoms with E-state index in [-0.39, 0.29) is 16.5 Å². The zero-order chi connectivity index (χ0) is 26.1. The summed E-state index contributed by atoms with van der Waals surface area (Å²) in [7, 11) is 1.51. The maximum Gasteiger partial charge on any atom is 0.296 e. The summed E-state index contributed by atoms with van der Waals surface area (Å²) in [5, 5.41) is 20.7. The van der Waals surface area contributed by atoms with E-state index in [2.05, 4.69) is 17.1 Å². The smallest absolute Gasteiger partial charge is 0.296 e. The van der Waals surface area contributed by atoms with E-state index in [0.29, 0.717) is 39.6 Å². The molecule has 9 nitrogen and oxygen atoms in total. The fraction of sp³-hybridized carbons (Fsp3) is 0.259. The number of hydrogen-bond acceptors (Lipinski definition) is 9. The molecule has 10 heteroatoms. The third kappa shape index (κ3) is 4.44. The molecule has 0 aliphatic carbocycles. The van der Waals surface area contributed by atoms with Crippen LogP contribution in [0.1, 0.15) is 46.9 Å². The number of carbonyl (C=O) groups excluding carboxylic acids is 2. The molecule has 0 radical (unpaired) electrons. The number of aliphatic hydroxyl groups excluding tert-OH is 1. The van der Waals surface area contributed by atoms with Crippen LogP contribution in [-0.4, -0.2) is 40.7 Å². The Hall–Kier alpha value is -4.18. The van der Waals surface area contributed by atoms with Gasteiger partial charge in [-0.25, -0.2) is 0 Å². The van der Waals surface area contributed by atoms with Gasteiger partial charge in [0.1, 0.15) is 10.8 Å². The van der Waals surface area contributed by atoms with Crippen molar-refractivity contribution in [3.05, 3.63) is 76.2 Å². The number of Topliss-reactive ketones (excluding diaryl/α,β-unsaturated/α-hetero) is 1. The second kappa shape index (κ2) is 10.1. The third-order valence-corrected chi connectivity index (χ3v) is 6.93. The SMILES string of the molecule is CCCCOc1ccc(C2C(C(=O)c3cc4cccc(OC)c4o3)=C(O)C(=O)N2c2nnc(C)s2)cc1. The maximum atomic E-state index is 13.8. The first kappa shape index (κ1) is 24.5. The van der Waals surface area contributed by atoms with Crippen LogP contribution in [0.5, 0.6) is 11.5 Å². The Kier molecular flexibility index (Phi) is 6.66. The van der Waals surface area contributed by atoms with Gasteiger partial charge in [0.2, 0.25) is 10.9 Å². The van der Waals surface area contributed by atoms with Crippen LogP contribution in [0, 0.1) is 6.92 Å². The molecular weight excluding hydrogens is 494 g/mol. The van der Waals surface area contributed by atoms with E-state index in [1.165, 1.54) is 23.3 Å². The van der Waals surface area contributed by atoms with Gasteiger partial charge in [-0.3, -0.25) is 14.5 Å². The number of rotatable bonds is 9. The Morgan fingerprint density at radius 2 is 1.97 bits per heavy atom. The van der Waals surface area contributed by atoms with Crippen molar-refractivity contribution in [1.82, 2.24) is 10.2 Å². The van der Waals surface area contributed by atoms with Crippen LogP contribution in [0.3, 0.4) is 0 Å². The summed E-state index contributed by atoms with van der Waals surface area (Å²) in [6, 6.07) is 13.0. The van der Waals surface area contributed by atoms with Crippen molar-refractivity contribution in [3.63, 3.8) is 0 Å². The largest absolute Gasteiger partial charge is 0.503 e. The van der Waals surface area contributed by atoms with E-state index in [1.54, 1.807) is 55.5 Å². The van der Waals surface area contributed by atoms with Crippen molar-refractivity contribution in [2.75, 3.05) is 18.6 Å². The standard InChI is InChI=1S/C27H25N3O6S/c1-4-5-13-35-18-11-9-16(10-12-18)22-21(24(32)26(33)30(22)27-29-28-15(2)37-27)23(31)20-14-17-7-6-8-19(34-3)25(17)36-20/h6-12,14,22,32H,4-5,13H2,1-3H3. The number of anilines is 1. The zero-order valence-corrected chi connectivity index (χ0v) is 21.4. The average Bonchev–Trinajstić information content (AvgIpc) is 3.60. The molecule has 37 heavy (non-hydrogen) atoms. The first-order valence-electron chi connectivity index (χ1n) is 11.8. The normalized spacial score (nSPS) is 15.6. The summed E-state index contributed by atoms with van der Waals surface area (Å²) in [4.78, 5) is 28.4. The van der Waals surface area contributed by atoms with Gasteiger partial charge in [0, 0.05) is 5.39 Å². The minimum Gasteiger partial charge on any atom is -0.503 e. The highest BCUT2D eigenvalue weighted by Gasteiger charge is 2.46. The van der Waals surface area contributed by atoms with Crippen LogP contribution in [0.25, 0.3) is 11.0 Å². The van der Waals surface area contributed by atoms with Crippen molar-refractivity contribution in [3.8, 4) is 11.5 Å². The van der Waals surface area contributed by atoms with E-state index in [0.717, 1.165) is 12.8 Å². The molecule has 3 heterocycles.